The molecule has 0 fully saturated rings. The van der Waals surface area contributed by atoms with Crippen molar-refractivity contribution in [3.63, 3.8) is 0 Å². The van der Waals surface area contributed by atoms with Crippen LogP contribution in [-0.4, -0.2) is 16.1 Å². The Kier molecular flexibility index (Phi) is 4.29. The highest BCUT2D eigenvalue weighted by atomic mass is 16.4. The van der Waals surface area contributed by atoms with Crippen molar-refractivity contribution in [3.8, 4) is 0 Å². The Morgan fingerprint density at radius 2 is 1.84 bits per heavy atom. The molecule has 1 aromatic heterocycles. The molecule has 0 bridgehead atoms. The van der Waals surface area contributed by atoms with Gasteiger partial charge in [-0.2, -0.15) is 0 Å². The topological polar surface area (TPSA) is 50.2 Å². The Morgan fingerprint density at radius 1 is 1.16 bits per heavy atom. The number of carbonyl (C=O) groups is 1. The van der Waals surface area contributed by atoms with Crippen LogP contribution in [-0.2, 0) is 17.6 Å². The first kappa shape index (κ1) is 13.3. The number of carboxylic acid groups (broad SMARTS) is 1. The first-order chi connectivity index (χ1) is 9.15. The third-order valence-corrected chi connectivity index (χ3v) is 3.12. The van der Waals surface area contributed by atoms with E-state index < -0.39 is 5.97 Å². The monoisotopic (exact) mass is 255 g/mol. The number of rotatable bonds is 5. The minimum Gasteiger partial charge on any atom is -0.481 e. The molecule has 3 heteroatoms. The van der Waals surface area contributed by atoms with Gasteiger partial charge in [-0.3, -0.25) is 9.78 Å². The normalized spacial score (nSPS) is 12.1. The van der Waals surface area contributed by atoms with Crippen molar-refractivity contribution in [2.24, 2.45) is 5.92 Å². The van der Waals surface area contributed by atoms with E-state index in [1.54, 1.807) is 13.1 Å². The summed E-state index contributed by atoms with van der Waals surface area (Å²) in [5.41, 5.74) is 3.44. The second kappa shape index (κ2) is 6.14. The summed E-state index contributed by atoms with van der Waals surface area (Å²) in [6.07, 6.45) is 5.05. The van der Waals surface area contributed by atoms with E-state index in [9.17, 15) is 4.79 Å². The number of nitrogens with zero attached hydrogens (tertiary/aromatic N) is 1. The van der Waals surface area contributed by atoms with E-state index in [0.717, 1.165) is 12.0 Å². The molecule has 0 amide bonds. The van der Waals surface area contributed by atoms with Gasteiger partial charge in [0.2, 0.25) is 0 Å². The standard InChI is InChI=1S/C16H17NO2/c1-12(16(18)19)9-13-4-6-14(7-5-13)10-15-3-2-8-17-11-15/h2-8,11-12H,9-10H2,1H3,(H,18,19). The lowest BCUT2D eigenvalue weighted by atomic mass is 9.99. The van der Waals surface area contributed by atoms with Gasteiger partial charge in [0.15, 0.2) is 0 Å². The molecule has 0 aliphatic rings. The van der Waals surface area contributed by atoms with Crippen molar-refractivity contribution >= 4 is 5.97 Å². The number of benzene rings is 1. The van der Waals surface area contributed by atoms with Gasteiger partial charge >= 0.3 is 5.97 Å². The first-order valence-corrected chi connectivity index (χ1v) is 6.34. The van der Waals surface area contributed by atoms with Crippen LogP contribution in [0.5, 0.6) is 0 Å². The number of aliphatic carboxylic acids is 1. The Balaban J connectivity index is 2.01. The fourth-order valence-electron chi connectivity index (χ4n) is 1.97. The highest BCUT2D eigenvalue weighted by Gasteiger charge is 2.11. The molecule has 0 aliphatic heterocycles. The molecule has 3 nitrogen and oxygen atoms in total. The summed E-state index contributed by atoms with van der Waals surface area (Å²) in [6, 6.07) is 12.1. The number of hydrogen-bond donors (Lipinski definition) is 1. The van der Waals surface area contributed by atoms with Crippen molar-refractivity contribution < 1.29 is 9.90 Å². The molecule has 2 rings (SSSR count). The highest BCUT2D eigenvalue weighted by molar-refractivity contribution is 5.69. The number of carboxylic acids is 1. The molecule has 0 saturated heterocycles. The molecule has 1 unspecified atom stereocenters. The summed E-state index contributed by atoms with van der Waals surface area (Å²) in [5.74, 6) is -1.09. The highest BCUT2D eigenvalue weighted by Crippen LogP contribution is 2.13. The fourth-order valence-corrected chi connectivity index (χ4v) is 1.97. The third kappa shape index (κ3) is 3.91. The molecule has 19 heavy (non-hydrogen) atoms. The lowest BCUT2D eigenvalue weighted by Crippen LogP contribution is -2.12. The minimum absolute atomic E-state index is 0.343. The fraction of sp³-hybridized carbons (Fsp3) is 0.250. The van der Waals surface area contributed by atoms with E-state index in [1.807, 2.05) is 30.5 Å². The summed E-state index contributed by atoms with van der Waals surface area (Å²) in [6.45, 7) is 1.73. The van der Waals surface area contributed by atoms with Crippen LogP contribution in [0.2, 0.25) is 0 Å². The summed E-state index contributed by atoms with van der Waals surface area (Å²) in [4.78, 5) is 14.9. The molecule has 0 aliphatic carbocycles. The molecule has 2 aromatic rings. The van der Waals surface area contributed by atoms with Crippen LogP contribution in [0.4, 0.5) is 0 Å². The Morgan fingerprint density at radius 3 is 2.42 bits per heavy atom. The van der Waals surface area contributed by atoms with Crippen molar-refractivity contribution in [2.75, 3.05) is 0 Å². The van der Waals surface area contributed by atoms with Gasteiger partial charge in [-0.05, 0) is 35.6 Å². The lowest BCUT2D eigenvalue weighted by molar-refractivity contribution is -0.141. The number of pyridine rings is 1. The van der Waals surface area contributed by atoms with Gasteiger partial charge in [0.1, 0.15) is 0 Å². The van der Waals surface area contributed by atoms with Crippen LogP contribution in [0, 0.1) is 5.92 Å². The third-order valence-electron chi connectivity index (χ3n) is 3.12. The van der Waals surface area contributed by atoms with Crippen LogP contribution in [0.1, 0.15) is 23.6 Å². The van der Waals surface area contributed by atoms with Crippen molar-refractivity contribution in [1.29, 1.82) is 0 Å². The Hall–Kier alpha value is -2.16. The Bertz CT molecular complexity index is 534. The maximum Gasteiger partial charge on any atom is 0.306 e. The zero-order valence-electron chi connectivity index (χ0n) is 10.9. The molecular formula is C16H17NO2. The lowest BCUT2D eigenvalue weighted by Gasteiger charge is -2.07. The van der Waals surface area contributed by atoms with Gasteiger partial charge < -0.3 is 5.11 Å². The summed E-state index contributed by atoms with van der Waals surface area (Å²) >= 11 is 0. The van der Waals surface area contributed by atoms with Crippen molar-refractivity contribution in [2.45, 2.75) is 19.8 Å². The largest absolute Gasteiger partial charge is 0.481 e. The molecule has 0 spiro atoms. The van der Waals surface area contributed by atoms with Crippen LogP contribution in [0.25, 0.3) is 0 Å². The van der Waals surface area contributed by atoms with Crippen molar-refractivity contribution in [3.05, 3.63) is 65.5 Å². The smallest absolute Gasteiger partial charge is 0.306 e. The molecule has 1 atom stereocenters. The van der Waals surface area contributed by atoms with E-state index in [4.69, 9.17) is 5.11 Å². The Labute approximate surface area is 112 Å². The van der Waals surface area contributed by atoms with Gasteiger partial charge in [-0.15, -0.1) is 0 Å². The van der Waals surface area contributed by atoms with E-state index in [0.29, 0.717) is 6.42 Å². The van der Waals surface area contributed by atoms with Crippen LogP contribution in [0.15, 0.2) is 48.8 Å². The average molecular weight is 255 g/mol. The molecule has 1 aromatic carbocycles. The van der Waals surface area contributed by atoms with Crippen LogP contribution >= 0.6 is 0 Å². The second-order valence-corrected chi connectivity index (χ2v) is 4.80. The first-order valence-electron chi connectivity index (χ1n) is 6.34. The van der Waals surface area contributed by atoms with E-state index >= 15 is 0 Å². The average Bonchev–Trinajstić information content (AvgIpc) is 2.42. The van der Waals surface area contributed by atoms with E-state index in [1.165, 1.54) is 11.1 Å². The molecule has 1 N–H and O–H groups in total. The summed E-state index contributed by atoms with van der Waals surface area (Å²) in [7, 11) is 0. The van der Waals surface area contributed by atoms with Crippen LogP contribution < -0.4 is 0 Å². The van der Waals surface area contributed by atoms with Crippen LogP contribution in [0.3, 0.4) is 0 Å². The molecule has 1 heterocycles. The number of hydrogen-bond acceptors (Lipinski definition) is 2. The number of aromatic nitrogens is 1. The van der Waals surface area contributed by atoms with Gasteiger partial charge in [-0.25, -0.2) is 0 Å². The van der Waals surface area contributed by atoms with Crippen molar-refractivity contribution in [1.82, 2.24) is 4.98 Å². The maximum atomic E-state index is 10.8. The maximum absolute atomic E-state index is 10.8. The van der Waals surface area contributed by atoms with E-state index in [-0.39, 0.29) is 5.92 Å². The summed E-state index contributed by atoms with van der Waals surface area (Å²) in [5, 5.41) is 8.89. The molecule has 0 saturated carbocycles. The summed E-state index contributed by atoms with van der Waals surface area (Å²) < 4.78 is 0. The molecule has 0 radical (unpaired) electrons. The van der Waals surface area contributed by atoms with Gasteiger partial charge in [0.25, 0.3) is 0 Å². The predicted molar refractivity (Wildman–Crippen MR) is 74.0 cm³/mol. The van der Waals surface area contributed by atoms with Gasteiger partial charge in [0.05, 0.1) is 5.92 Å². The second-order valence-electron chi connectivity index (χ2n) is 4.80. The zero-order chi connectivity index (χ0) is 13.7. The van der Waals surface area contributed by atoms with Gasteiger partial charge in [-0.1, -0.05) is 37.3 Å². The van der Waals surface area contributed by atoms with Gasteiger partial charge in [0, 0.05) is 12.4 Å². The molecule has 98 valence electrons. The predicted octanol–water partition coefficient (Wildman–Crippen LogP) is 2.94. The zero-order valence-corrected chi connectivity index (χ0v) is 10.9. The molecular weight excluding hydrogens is 238 g/mol. The van der Waals surface area contributed by atoms with E-state index in [2.05, 4.69) is 17.1 Å². The minimum atomic E-state index is -0.751. The SMILES string of the molecule is CC(Cc1ccc(Cc2cccnc2)cc1)C(=O)O. The quantitative estimate of drug-likeness (QED) is 0.893.